The molecule has 0 aliphatic carbocycles. The van der Waals surface area contributed by atoms with Gasteiger partial charge in [0.05, 0.1) is 12.5 Å². The van der Waals surface area contributed by atoms with Crippen LogP contribution in [0.5, 0.6) is 0 Å². The molecule has 0 saturated heterocycles. The molecule has 4 N–H and O–H groups in total. The zero-order valence-electron chi connectivity index (χ0n) is 22.8. The van der Waals surface area contributed by atoms with Gasteiger partial charge in [-0.15, -0.1) is 0 Å². The number of amides is 2. The molecule has 42 heavy (non-hydrogen) atoms. The molecular formula is C31H31ClFN5O4. The number of Topliss-reactive ketones (excluding diaryl/α,β-unsaturated/α-hetero) is 1. The van der Waals surface area contributed by atoms with Gasteiger partial charge in [0.15, 0.2) is 0 Å². The second kappa shape index (κ2) is 15.0. The summed E-state index contributed by atoms with van der Waals surface area (Å²) in [5, 5.41) is 10.0. The first-order chi connectivity index (χ1) is 20.3. The smallest absolute Gasteiger partial charge is 0.251 e. The van der Waals surface area contributed by atoms with E-state index in [4.69, 9.17) is 21.9 Å². The Morgan fingerprint density at radius 3 is 2.45 bits per heavy atom. The van der Waals surface area contributed by atoms with E-state index in [1.807, 2.05) is 18.2 Å². The first-order valence-corrected chi connectivity index (χ1v) is 13.9. The molecule has 0 aliphatic rings. The summed E-state index contributed by atoms with van der Waals surface area (Å²) < 4.78 is 18.9. The molecule has 4 rings (SSSR count). The maximum absolute atomic E-state index is 13.6. The number of rotatable bonds is 14. The third-order valence-corrected chi connectivity index (χ3v) is 6.74. The molecule has 0 bridgehead atoms. The van der Waals surface area contributed by atoms with E-state index in [9.17, 15) is 18.8 Å². The molecule has 11 heteroatoms. The summed E-state index contributed by atoms with van der Waals surface area (Å²) >= 11 is 6.00. The SMILES string of the molecule is NCCCC[C@H](NC(=O)c1cccc(F)c1)C(=O)c1noc(Cc2ccc(C(=O)NCCc3cccc(Cl)c3)cc2)n1. The Balaban J connectivity index is 1.34. The molecule has 4 aromatic rings. The Labute approximate surface area is 247 Å². The number of unbranched alkanes of at least 4 members (excludes halogenated alkanes) is 1. The van der Waals surface area contributed by atoms with Crippen molar-refractivity contribution in [1.29, 1.82) is 0 Å². The summed E-state index contributed by atoms with van der Waals surface area (Å²) in [7, 11) is 0. The predicted octanol–water partition coefficient (Wildman–Crippen LogP) is 4.54. The number of halogens is 2. The third-order valence-electron chi connectivity index (χ3n) is 6.50. The quantitative estimate of drug-likeness (QED) is 0.144. The highest BCUT2D eigenvalue weighted by molar-refractivity contribution is 6.30. The van der Waals surface area contributed by atoms with Crippen LogP contribution in [-0.4, -0.2) is 46.9 Å². The van der Waals surface area contributed by atoms with Crippen molar-refractivity contribution < 1.29 is 23.3 Å². The van der Waals surface area contributed by atoms with Crippen molar-refractivity contribution in [2.45, 2.75) is 38.1 Å². The van der Waals surface area contributed by atoms with E-state index in [1.54, 1.807) is 30.3 Å². The second-order valence-corrected chi connectivity index (χ2v) is 10.1. The van der Waals surface area contributed by atoms with Gasteiger partial charge in [0.1, 0.15) is 5.82 Å². The Bertz CT molecular complexity index is 1530. The highest BCUT2D eigenvalue weighted by Gasteiger charge is 2.27. The van der Waals surface area contributed by atoms with Crippen LogP contribution >= 0.6 is 11.6 Å². The van der Waals surface area contributed by atoms with E-state index in [1.165, 1.54) is 18.2 Å². The number of aromatic nitrogens is 2. The van der Waals surface area contributed by atoms with Crippen LogP contribution in [0.3, 0.4) is 0 Å². The van der Waals surface area contributed by atoms with Crippen molar-refractivity contribution >= 4 is 29.2 Å². The molecular weight excluding hydrogens is 561 g/mol. The van der Waals surface area contributed by atoms with Crippen molar-refractivity contribution in [3.63, 3.8) is 0 Å². The minimum atomic E-state index is -0.936. The average Bonchev–Trinajstić information content (AvgIpc) is 3.45. The molecule has 0 radical (unpaired) electrons. The highest BCUT2D eigenvalue weighted by atomic mass is 35.5. The van der Waals surface area contributed by atoms with Gasteiger partial charge in [-0.25, -0.2) is 4.39 Å². The van der Waals surface area contributed by atoms with Gasteiger partial charge in [-0.3, -0.25) is 14.4 Å². The normalized spacial score (nSPS) is 11.6. The fourth-order valence-electron chi connectivity index (χ4n) is 4.28. The monoisotopic (exact) mass is 591 g/mol. The minimum Gasteiger partial charge on any atom is -0.352 e. The van der Waals surface area contributed by atoms with Gasteiger partial charge in [-0.2, -0.15) is 4.98 Å². The van der Waals surface area contributed by atoms with Crippen LogP contribution < -0.4 is 16.4 Å². The summed E-state index contributed by atoms with van der Waals surface area (Å²) in [6, 6.07) is 18.7. The summed E-state index contributed by atoms with van der Waals surface area (Å²) in [6.45, 7) is 0.907. The largest absolute Gasteiger partial charge is 0.352 e. The molecule has 0 unspecified atom stereocenters. The molecule has 0 fully saturated rings. The van der Waals surface area contributed by atoms with Crippen molar-refractivity contribution in [3.05, 3.63) is 118 Å². The first-order valence-electron chi connectivity index (χ1n) is 13.6. The third kappa shape index (κ3) is 8.79. The number of nitrogens with two attached hydrogens (primary N) is 1. The molecule has 1 atom stereocenters. The molecule has 9 nitrogen and oxygen atoms in total. The first kappa shape index (κ1) is 30.5. The molecule has 1 aromatic heterocycles. The Kier molecular flexibility index (Phi) is 10.9. The number of benzene rings is 3. The standard InChI is InChI=1S/C31H31ClFN5O4/c32-24-7-3-5-20(17-24)14-16-35-30(40)22-12-10-21(11-13-22)18-27-37-29(38-42-27)28(39)26(9-1-2-15-34)36-31(41)23-6-4-8-25(33)19-23/h3-8,10-13,17,19,26H,1-2,9,14-16,18,34H2,(H,35,40)(H,36,41)/t26-/m0/s1. The number of hydrogen-bond donors (Lipinski definition) is 3. The molecule has 0 spiro atoms. The number of carbonyl (C=O) groups is 3. The molecule has 1 heterocycles. The van der Waals surface area contributed by atoms with E-state index in [-0.39, 0.29) is 29.6 Å². The number of hydrogen-bond acceptors (Lipinski definition) is 7. The van der Waals surface area contributed by atoms with Gasteiger partial charge in [0.25, 0.3) is 11.8 Å². The zero-order chi connectivity index (χ0) is 29.9. The lowest BCUT2D eigenvalue weighted by Gasteiger charge is -2.16. The summed E-state index contributed by atoms with van der Waals surface area (Å²) in [5.74, 6) is -1.82. The van der Waals surface area contributed by atoms with Crippen LogP contribution in [0.4, 0.5) is 4.39 Å². The van der Waals surface area contributed by atoms with Gasteiger partial charge >= 0.3 is 0 Å². The van der Waals surface area contributed by atoms with Gasteiger partial charge < -0.3 is 20.9 Å². The number of ketones is 1. The van der Waals surface area contributed by atoms with E-state index < -0.39 is 23.5 Å². The van der Waals surface area contributed by atoms with Crippen LogP contribution in [0.25, 0.3) is 0 Å². The van der Waals surface area contributed by atoms with Gasteiger partial charge in [-0.05, 0) is 85.8 Å². The fourth-order valence-corrected chi connectivity index (χ4v) is 4.49. The molecule has 218 valence electrons. The van der Waals surface area contributed by atoms with E-state index in [0.717, 1.165) is 17.2 Å². The minimum absolute atomic E-state index is 0.0960. The van der Waals surface area contributed by atoms with Crippen molar-refractivity contribution in [3.8, 4) is 0 Å². The zero-order valence-corrected chi connectivity index (χ0v) is 23.6. The molecule has 0 aliphatic heterocycles. The second-order valence-electron chi connectivity index (χ2n) is 9.71. The molecule has 3 aromatic carbocycles. The summed E-state index contributed by atoms with van der Waals surface area (Å²) in [6.07, 6.45) is 2.45. The van der Waals surface area contributed by atoms with E-state index in [2.05, 4.69) is 20.8 Å². The van der Waals surface area contributed by atoms with Crippen LogP contribution in [0.2, 0.25) is 5.02 Å². The average molecular weight is 592 g/mol. The van der Waals surface area contributed by atoms with E-state index in [0.29, 0.717) is 49.4 Å². The van der Waals surface area contributed by atoms with Gasteiger partial charge in [-0.1, -0.05) is 47.1 Å². The lowest BCUT2D eigenvalue weighted by molar-refractivity contribution is 0.0843. The molecule has 2 amide bonds. The van der Waals surface area contributed by atoms with Gasteiger partial charge in [0, 0.05) is 22.7 Å². The van der Waals surface area contributed by atoms with Crippen LogP contribution in [0.1, 0.15) is 67.6 Å². The topological polar surface area (TPSA) is 140 Å². The van der Waals surface area contributed by atoms with Crippen LogP contribution in [-0.2, 0) is 12.8 Å². The summed E-state index contributed by atoms with van der Waals surface area (Å²) in [5.41, 5.74) is 8.01. The van der Waals surface area contributed by atoms with Crippen molar-refractivity contribution in [1.82, 2.24) is 20.8 Å². The maximum Gasteiger partial charge on any atom is 0.251 e. The maximum atomic E-state index is 13.6. The number of nitrogens with one attached hydrogen (secondary N) is 2. The molecule has 0 saturated carbocycles. The van der Waals surface area contributed by atoms with Crippen molar-refractivity contribution in [2.24, 2.45) is 5.73 Å². The van der Waals surface area contributed by atoms with Crippen LogP contribution in [0.15, 0.2) is 77.3 Å². The Morgan fingerprint density at radius 1 is 0.929 bits per heavy atom. The van der Waals surface area contributed by atoms with Crippen molar-refractivity contribution in [2.75, 3.05) is 13.1 Å². The summed E-state index contributed by atoms with van der Waals surface area (Å²) in [4.78, 5) is 42.6. The lowest BCUT2D eigenvalue weighted by atomic mass is 10.0. The van der Waals surface area contributed by atoms with Crippen LogP contribution in [0, 0.1) is 5.82 Å². The Morgan fingerprint density at radius 2 is 1.71 bits per heavy atom. The van der Waals surface area contributed by atoms with E-state index >= 15 is 0 Å². The lowest BCUT2D eigenvalue weighted by Crippen LogP contribution is -2.41. The Hall–Kier alpha value is -4.41. The fraction of sp³-hybridized carbons (Fsp3) is 0.258. The number of carbonyl (C=O) groups excluding carboxylic acids is 3. The van der Waals surface area contributed by atoms with Gasteiger partial charge in [0.2, 0.25) is 17.5 Å². The highest BCUT2D eigenvalue weighted by Crippen LogP contribution is 2.14. The number of nitrogens with zero attached hydrogens (tertiary/aromatic N) is 2. The predicted molar refractivity (Wildman–Crippen MR) is 156 cm³/mol.